The number of rotatable bonds is 6. The second-order valence-electron chi connectivity index (χ2n) is 5.75. The van der Waals surface area contributed by atoms with E-state index in [1.165, 1.54) is 18.2 Å². The van der Waals surface area contributed by atoms with Crippen LogP contribution in [0.15, 0.2) is 24.3 Å². The van der Waals surface area contributed by atoms with E-state index in [9.17, 15) is 9.90 Å². The van der Waals surface area contributed by atoms with Crippen molar-refractivity contribution >= 4 is 5.97 Å². The SMILES string of the molecule is COC(=O)[C@@H](CCc1ccccc1C)OC1(O)CCCC1. The van der Waals surface area contributed by atoms with Crippen molar-refractivity contribution in [2.75, 3.05) is 7.11 Å². The van der Waals surface area contributed by atoms with E-state index >= 15 is 0 Å². The summed E-state index contributed by atoms with van der Waals surface area (Å²) < 4.78 is 10.5. The Morgan fingerprint density at radius 2 is 2.00 bits per heavy atom. The Kier molecular flexibility index (Phi) is 5.37. The topological polar surface area (TPSA) is 55.8 Å². The molecular weight excluding hydrogens is 268 g/mol. The second-order valence-corrected chi connectivity index (χ2v) is 5.75. The van der Waals surface area contributed by atoms with Crippen molar-refractivity contribution in [3.63, 3.8) is 0 Å². The van der Waals surface area contributed by atoms with Crippen LogP contribution in [0.1, 0.15) is 43.2 Å². The van der Waals surface area contributed by atoms with Gasteiger partial charge in [0.15, 0.2) is 11.9 Å². The van der Waals surface area contributed by atoms with Crippen molar-refractivity contribution < 1.29 is 19.4 Å². The van der Waals surface area contributed by atoms with Crippen molar-refractivity contribution in [3.05, 3.63) is 35.4 Å². The number of carbonyl (C=O) groups excluding carboxylic acids is 1. The van der Waals surface area contributed by atoms with Crippen molar-refractivity contribution in [2.24, 2.45) is 0 Å². The van der Waals surface area contributed by atoms with Crippen LogP contribution in [0.25, 0.3) is 0 Å². The van der Waals surface area contributed by atoms with Gasteiger partial charge in [0.05, 0.1) is 7.11 Å². The van der Waals surface area contributed by atoms with Gasteiger partial charge in [-0.15, -0.1) is 0 Å². The standard InChI is InChI=1S/C17H24O4/c1-13-7-3-4-8-14(13)9-10-15(16(18)20-2)21-17(19)11-5-6-12-17/h3-4,7-8,15,19H,5-6,9-12H2,1-2H3/t15-/m1/s1. The first kappa shape index (κ1) is 16.0. The molecule has 1 atom stereocenters. The van der Waals surface area contributed by atoms with Gasteiger partial charge >= 0.3 is 5.97 Å². The summed E-state index contributed by atoms with van der Waals surface area (Å²) in [6.45, 7) is 2.05. The maximum atomic E-state index is 11.9. The number of hydrogen-bond acceptors (Lipinski definition) is 4. The summed E-state index contributed by atoms with van der Waals surface area (Å²) in [4.78, 5) is 11.9. The summed E-state index contributed by atoms with van der Waals surface area (Å²) in [5.74, 6) is -1.58. The van der Waals surface area contributed by atoms with E-state index in [2.05, 4.69) is 0 Å². The number of esters is 1. The Morgan fingerprint density at radius 3 is 2.62 bits per heavy atom. The van der Waals surface area contributed by atoms with Crippen LogP contribution in [0.2, 0.25) is 0 Å². The molecule has 4 nitrogen and oxygen atoms in total. The summed E-state index contributed by atoms with van der Waals surface area (Å²) in [5.41, 5.74) is 2.38. The van der Waals surface area contributed by atoms with Gasteiger partial charge in [-0.1, -0.05) is 24.3 Å². The predicted molar refractivity (Wildman–Crippen MR) is 79.8 cm³/mol. The Labute approximate surface area is 126 Å². The third-order valence-corrected chi connectivity index (χ3v) is 4.15. The van der Waals surface area contributed by atoms with Gasteiger partial charge in [0, 0.05) is 12.8 Å². The molecule has 0 saturated heterocycles. The molecule has 1 fully saturated rings. The van der Waals surface area contributed by atoms with Gasteiger partial charge in [0.1, 0.15) is 0 Å². The number of carbonyl (C=O) groups is 1. The smallest absolute Gasteiger partial charge is 0.335 e. The summed E-state index contributed by atoms with van der Waals surface area (Å²) in [6.07, 6.45) is 3.57. The fraction of sp³-hybridized carbons (Fsp3) is 0.588. The molecule has 0 spiro atoms. The van der Waals surface area contributed by atoms with E-state index in [1.54, 1.807) is 0 Å². The molecular formula is C17H24O4. The highest BCUT2D eigenvalue weighted by Gasteiger charge is 2.37. The van der Waals surface area contributed by atoms with Gasteiger partial charge in [0.25, 0.3) is 0 Å². The van der Waals surface area contributed by atoms with Crippen LogP contribution >= 0.6 is 0 Å². The van der Waals surface area contributed by atoms with E-state index in [1.807, 2.05) is 31.2 Å². The second kappa shape index (κ2) is 7.05. The Bertz CT molecular complexity index is 477. The molecule has 0 heterocycles. The van der Waals surface area contributed by atoms with Gasteiger partial charge in [-0.05, 0) is 43.7 Å². The van der Waals surface area contributed by atoms with Crippen LogP contribution in [-0.2, 0) is 20.7 Å². The first-order valence-electron chi connectivity index (χ1n) is 7.56. The molecule has 1 aliphatic rings. The summed E-state index contributed by atoms with van der Waals surface area (Å²) in [7, 11) is 1.35. The van der Waals surface area contributed by atoms with E-state index in [-0.39, 0.29) is 0 Å². The molecule has 0 unspecified atom stereocenters. The van der Waals surface area contributed by atoms with Crippen LogP contribution in [0.3, 0.4) is 0 Å². The van der Waals surface area contributed by atoms with Crippen LogP contribution < -0.4 is 0 Å². The molecule has 2 rings (SSSR count). The normalized spacial score (nSPS) is 18.4. The van der Waals surface area contributed by atoms with Crippen LogP contribution in [0.5, 0.6) is 0 Å². The molecule has 0 bridgehead atoms. The van der Waals surface area contributed by atoms with E-state index in [0.717, 1.165) is 19.3 Å². The molecule has 0 aromatic heterocycles. The van der Waals surface area contributed by atoms with Crippen LogP contribution in [0.4, 0.5) is 0 Å². The minimum absolute atomic E-state index is 0.413. The molecule has 1 aliphatic carbocycles. The van der Waals surface area contributed by atoms with E-state index in [0.29, 0.717) is 19.3 Å². The van der Waals surface area contributed by atoms with Crippen LogP contribution in [-0.4, -0.2) is 30.1 Å². The quantitative estimate of drug-likeness (QED) is 0.647. The molecule has 0 radical (unpaired) electrons. The fourth-order valence-electron chi connectivity index (χ4n) is 2.84. The lowest BCUT2D eigenvalue weighted by Gasteiger charge is -2.27. The lowest BCUT2D eigenvalue weighted by Crippen LogP contribution is -2.38. The molecule has 1 aromatic carbocycles. The maximum Gasteiger partial charge on any atom is 0.335 e. The molecule has 4 heteroatoms. The number of benzene rings is 1. The highest BCUT2D eigenvalue weighted by molar-refractivity contribution is 5.74. The molecule has 21 heavy (non-hydrogen) atoms. The maximum absolute atomic E-state index is 11.9. The molecule has 1 aromatic rings. The Balaban J connectivity index is 2.00. The monoisotopic (exact) mass is 292 g/mol. The Morgan fingerprint density at radius 1 is 1.33 bits per heavy atom. The molecule has 0 amide bonds. The lowest BCUT2D eigenvalue weighted by atomic mass is 10.0. The third kappa shape index (κ3) is 4.29. The number of ether oxygens (including phenoxy) is 2. The van der Waals surface area contributed by atoms with Crippen molar-refractivity contribution in [3.8, 4) is 0 Å². The third-order valence-electron chi connectivity index (χ3n) is 4.15. The van der Waals surface area contributed by atoms with Crippen molar-refractivity contribution in [1.82, 2.24) is 0 Å². The van der Waals surface area contributed by atoms with Gasteiger partial charge < -0.3 is 14.6 Å². The highest BCUT2D eigenvalue weighted by atomic mass is 16.6. The molecule has 1 saturated carbocycles. The first-order valence-corrected chi connectivity index (χ1v) is 7.56. The van der Waals surface area contributed by atoms with Crippen LogP contribution in [0, 0.1) is 6.92 Å². The number of hydrogen-bond donors (Lipinski definition) is 1. The van der Waals surface area contributed by atoms with Gasteiger partial charge in [0.2, 0.25) is 0 Å². The zero-order valence-electron chi connectivity index (χ0n) is 12.8. The van der Waals surface area contributed by atoms with E-state index < -0.39 is 17.9 Å². The predicted octanol–water partition coefficient (Wildman–Crippen LogP) is 2.75. The average Bonchev–Trinajstić information content (AvgIpc) is 2.91. The average molecular weight is 292 g/mol. The number of aliphatic hydroxyl groups is 1. The summed E-state index contributed by atoms with van der Waals surface area (Å²) in [6, 6.07) is 8.08. The first-order chi connectivity index (χ1) is 10.0. The molecule has 0 aliphatic heterocycles. The Hall–Kier alpha value is -1.39. The summed E-state index contributed by atoms with van der Waals surface area (Å²) >= 11 is 0. The minimum atomic E-state index is -1.16. The highest BCUT2D eigenvalue weighted by Crippen LogP contribution is 2.32. The fourth-order valence-corrected chi connectivity index (χ4v) is 2.84. The molecule has 1 N–H and O–H groups in total. The minimum Gasteiger partial charge on any atom is -0.467 e. The zero-order valence-corrected chi connectivity index (χ0v) is 12.8. The number of aryl methyl sites for hydroxylation is 2. The molecule has 116 valence electrons. The summed E-state index contributed by atoms with van der Waals surface area (Å²) in [5, 5.41) is 10.3. The zero-order chi connectivity index (χ0) is 15.3. The van der Waals surface area contributed by atoms with Gasteiger partial charge in [-0.3, -0.25) is 0 Å². The van der Waals surface area contributed by atoms with Gasteiger partial charge in [-0.2, -0.15) is 0 Å². The van der Waals surface area contributed by atoms with Crippen molar-refractivity contribution in [1.29, 1.82) is 0 Å². The number of methoxy groups -OCH3 is 1. The van der Waals surface area contributed by atoms with Gasteiger partial charge in [-0.25, -0.2) is 4.79 Å². The lowest BCUT2D eigenvalue weighted by molar-refractivity contribution is -0.231. The largest absolute Gasteiger partial charge is 0.467 e. The van der Waals surface area contributed by atoms with E-state index in [4.69, 9.17) is 9.47 Å². The van der Waals surface area contributed by atoms with Crippen molar-refractivity contribution in [2.45, 2.75) is 57.3 Å².